The van der Waals surface area contributed by atoms with Crippen molar-refractivity contribution in [2.24, 2.45) is 0 Å². The van der Waals surface area contributed by atoms with Crippen molar-refractivity contribution in [1.29, 1.82) is 0 Å². The maximum Gasteiger partial charge on any atom is 0.407 e. The highest BCUT2D eigenvalue weighted by Crippen LogP contribution is 2.44. The van der Waals surface area contributed by atoms with Gasteiger partial charge in [0.25, 0.3) is 0 Å². The lowest BCUT2D eigenvalue weighted by Gasteiger charge is -2.23. The number of carbonyl (C=O) groups is 3. The molecule has 168 valence electrons. The summed E-state index contributed by atoms with van der Waals surface area (Å²) < 4.78 is 5.48. The number of rotatable bonds is 6. The van der Waals surface area contributed by atoms with Crippen molar-refractivity contribution >= 4 is 18.0 Å². The number of aliphatic carboxylic acids is 1. The standard InChI is InChI=1S/C24H26N2O6/c1-14(10-22(28)26-12-15(27)11-21(26)23(29)30)25-24(31)32-13-20-18-8-4-2-6-16(18)17-7-3-5-9-19(17)20/h2-9,14-15,20-21,27H,10-13H2,1H3,(H,25,31)(H,29,30)/t14-,15+,21+/m1/s1. The SMILES string of the molecule is C[C@H](CC(=O)N1C[C@@H](O)C[C@H]1C(=O)O)NC(=O)OCC1c2ccccc2-c2ccccc21. The number of alkyl carbamates (subject to hydrolysis) is 1. The van der Waals surface area contributed by atoms with E-state index in [-0.39, 0.29) is 31.9 Å². The van der Waals surface area contributed by atoms with Gasteiger partial charge in [0.2, 0.25) is 5.91 Å². The molecule has 0 spiro atoms. The van der Waals surface area contributed by atoms with E-state index < -0.39 is 36.2 Å². The molecule has 0 saturated carbocycles. The van der Waals surface area contributed by atoms with Gasteiger partial charge in [0.1, 0.15) is 12.6 Å². The number of aliphatic hydroxyl groups is 1. The van der Waals surface area contributed by atoms with Gasteiger partial charge in [-0.25, -0.2) is 9.59 Å². The van der Waals surface area contributed by atoms with E-state index >= 15 is 0 Å². The minimum absolute atomic E-state index is 0.00919. The largest absolute Gasteiger partial charge is 0.480 e. The summed E-state index contributed by atoms with van der Waals surface area (Å²) in [5, 5.41) is 21.6. The molecule has 1 heterocycles. The molecule has 1 saturated heterocycles. The second-order valence-electron chi connectivity index (χ2n) is 8.36. The van der Waals surface area contributed by atoms with Crippen molar-refractivity contribution in [3.8, 4) is 11.1 Å². The van der Waals surface area contributed by atoms with E-state index in [0.29, 0.717) is 0 Å². The Labute approximate surface area is 185 Å². The van der Waals surface area contributed by atoms with Crippen LogP contribution in [0.3, 0.4) is 0 Å². The summed E-state index contributed by atoms with van der Waals surface area (Å²) in [4.78, 5) is 37.3. The van der Waals surface area contributed by atoms with Gasteiger partial charge < -0.3 is 25.2 Å². The number of likely N-dealkylation sites (tertiary alicyclic amines) is 1. The molecule has 1 fully saturated rings. The fourth-order valence-corrected chi connectivity index (χ4v) is 4.60. The average molecular weight is 438 g/mol. The number of benzene rings is 2. The number of ether oxygens (including phenoxy) is 1. The third-order valence-electron chi connectivity index (χ3n) is 6.07. The normalized spacial score (nSPS) is 20.4. The molecule has 2 aromatic rings. The molecule has 4 rings (SSSR count). The van der Waals surface area contributed by atoms with Crippen LogP contribution < -0.4 is 5.32 Å². The van der Waals surface area contributed by atoms with Crippen LogP contribution >= 0.6 is 0 Å². The van der Waals surface area contributed by atoms with Gasteiger partial charge in [-0.2, -0.15) is 0 Å². The first kappa shape index (κ1) is 21.8. The van der Waals surface area contributed by atoms with Gasteiger partial charge in [0.15, 0.2) is 0 Å². The quantitative estimate of drug-likeness (QED) is 0.638. The Bertz CT molecular complexity index is 993. The third-order valence-corrected chi connectivity index (χ3v) is 6.07. The average Bonchev–Trinajstić information content (AvgIpc) is 3.31. The number of carboxylic acids is 1. The van der Waals surface area contributed by atoms with E-state index in [1.54, 1.807) is 6.92 Å². The van der Waals surface area contributed by atoms with Crippen molar-refractivity contribution in [2.45, 2.75) is 43.9 Å². The van der Waals surface area contributed by atoms with Crippen LogP contribution in [0.2, 0.25) is 0 Å². The second kappa shape index (κ2) is 9.00. The van der Waals surface area contributed by atoms with Crippen LogP contribution in [0, 0.1) is 0 Å². The van der Waals surface area contributed by atoms with E-state index in [1.165, 1.54) is 0 Å². The molecular weight excluding hydrogens is 412 g/mol. The predicted octanol–water partition coefficient (Wildman–Crippen LogP) is 2.35. The summed E-state index contributed by atoms with van der Waals surface area (Å²) >= 11 is 0. The molecule has 1 aliphatic carbocycles. The maximum absolute atomic E-state index is 12.5. The highest BCUT2D eigenvalue weighted by Gasteiger charge is 2.39. The molecule has 8 heteroatoms. The number of nitrogens with one attached hydrogen (secondary N) is 1. The lowest BCUT2D eigenvalue weighted by Crippen LogP contribution is -2.44. The molecule has 2 aliphatic rings. The van der Waals surface area contributed by atoms with Gasteiger partial charge in [0, 0.05) is 31.3 Å². The number of nitrogens with zero attached hydrogens (tertiary/aromatic N) is 1. The summed E-state index contributed by atoms with van der Waals surface area (Å²) in [6, 6.07) is 14.5. The van der Waals surface area contributed by atoms with E-state index in [2.05, 4.69) is 17.4 Å². The van der Waals surface area contributed by atoms with Crippen LogP contribution in [0.4, 0.5) is 4.79 Å². The number of aliphatic hydroxyl groups excluding tert-OH is 1. The summed E-state index contributed by atoms with van der Waals surface area (Å²) in [6.45, 7) is 1.80. The summed E-state index contributed by atoms with van der Waals surface area (Å²) in [5.74, 6) is -1.64. The van der Waals surface area contributed by atoms with Crippen molar-refractivity contribution in [1.82, 2.24) is 10.2 Å². The first-order valence-corrected chi connectivity index (χ1v) is 10.7. The fourth-order valence-electron chi connectivity index (χ4n) is 4.60. The van der Waals surface area contributed by atoms with E-state index in [9.17, 15) is 24.6 Å². The van der Waals surface area contributed by atoms with Gasteiger partial charge >= 0.3 is 12.1 Å². The zero-order valence-electron chi connectivity index (χ0n) is 17.7. The minimum atomic E-state index is -1.15. The number of carbonyl (C=O) groups excluding carboxylic acids is 2. The highest BCUT2D eigenvalue weighted by atomic mass is 16.5. The summed E-state index contributed by atoms with van der Waals surface area (Å²) in [6.07, 6.45) is -1.57. The number of fused-ring (bicyclic) bond motifs is 3. The van der Waals surface area contributed by atoms with Gasteiger partial charge in [-0.3, -0.25) is 4.79 Å². The fraction of sp³-hybridized carbons (Fsp3) is 0.375. The van der Waals surface area contributed by atoms with Crippen LogP contribution in [0.25, 0.3) is 11.1 Å². The molecule has 0 radical (unpaired) electrons. The van der Waals surface area contributed by atoms with Gasteiger partial charge in [-0.15, -0.1) is 0 Å². The highest BCUT2D eigenvalue weighted by molar-refractivity contribution is 5.85. The zero-order valence-corrected chi connectivity index (χ0v) is 17.7. The van der Waals surface area contributed by atoms with Crippen LogP contribution in [-0.4, -0.2) is 64.4 Å². The number of hydrogen-bond acceptors (Lipinski definition) is 5. The first-order chi connectivity index (χ1) is 15.3. The van der Waals surface area contributed by atoms with Gasteiger partial charge in [0.05, 0.1) is 6.10 Å². The number of hydrogen-bond donors (Lipinski definition) is 3. The molecule has 3 N–H and O–H groups in total. The van der Waals surface area contributed by atoms with E-state index in [0.717, 1.165) is 27.2 Å². The molecular formula is C24H26N2O6. The molecule has 1 aliphatic heterocycles. The smallest absolute Gasteiger partial charge is 0.407 e. The Balaban J connectivity index is 1.33. The summed E-state index contributed by atoms with van der Waals surface area (Å²) in [7, 11) is 0. The van der Waals surface area contributed by atoms with E-state index in [1.807, 2.05) is 36.4 Å². The van der Waals surface area contributed by atoms with Gasteiger partial charge in [-0.05, 0) is 29.2 Å². The second-order valence-corrected chi connectivity index (χ2v) is 8.36. The molecule has 0 aromatic heterocycles. The molecule has 0 bridgehead atoms. The van der Waals surface area contributed by atoms with Crippen molar-refractivity contribution in [3.05, 3.63) is 59.7 Å². The lowest BCUT2D eigenvalue weighted by molar-refractivity contribution is -0.148. The number of amides is 2. The Morgan fingerprint density at radius 2 is 1.69 bits per heavy atom. The van der Waals surface area contributed by atoms with Crippen LogP contribution in [0.5, 0.6) is 0 Å². The molecule has 2 aromatic carbocycles. The third kappa shape index (κ3) is 4.31. The van der Waals surface area contributed by atoms with Gasteiger partial charge in [-0.1, -0.05) is 48.5 Å². The van der Waals surface area contributed by atoms with Crippen molar-refractivity contribution in [2.75, 3.05) is 13.2 Å². The predicted molar refractivity (Wildman–Crippen MR) is 116 cm³/mol. The first-order valence-electron chi connectivity index (χ1n) is 10.7. The Morgan fingerprint density at radius 3 is 2.28 bits per heavy atom. The van der Waals surface area contributed by atoms with Crippen LogP contribution in [0.15, 0.2) is 48.5 Å². The van der Waals surface area contributed by atoms with E-state index in [4.69, 9.17) is 4.74 Å². The van der Waals surface area contributed by atoms with Crippen molar-refractivity contribution < 1.29 is 29.3 Å². The lowest BCUT2D eigenvalue weighted by atomic mass is 9.98. The molecule has 0 unspecified atom stereocenters. The molecule has 2 amide bonds. The molecule has 8 nitrogen and oxygen atoms in total. The maximum atomic E-state index is 12.5. The summed E-state index contributed by atoms with van der Waals surface area (Å²) in [5.41, 5.74) is 4.49. The topological polar surface area (TPSA) is 116 Å². The monoisotopic (exact) mass is 438 g/mol. The minimum Gasteiger partial charge on any atom is -0.480 e. The Hall–Kier alpha value is -3.39. The molecule has 32 heavy (non-hydrogen) atoms. The number of carboxylic acid groups (broad SMARTS) is 1. The number of β-amino-alcohol motifs (C(OH)–C–C–N with tert-alkyl or cyclic N) is 1. The van der Waals surface area contributed by atoms with Crippen molar-refractivity contribution in [3.63, 3.8) is 0 Å². The zero-order chi connectivity index (χ0) is 22.8. The van der Waals surface area contributed by atoms with Crippen LogP contribution in [-0.2, 0) is 14.3 Å². The Kier molecular flexibility index (Phi) is 6.14. The van der Waals surface area contributed by atoms with Crippen LogP contribution in [0.1, 0.15) is 36.8 Å². The molecule has 3 atom stereocenters. The Morgan fingerprint density at radius 1 is 1.09 bits per heavy atom.